The third-order valence-electron chi connectivity index (χ3n) is 3.61. The number of fused-ring (bicyclic) bond motifs is 1. The van der Waals surface area contributed by atoms with Crippen LogP contribution in [0.5, 0.6) is 0 Å². The highest BCUT2D eigenvalue weighted by Gasteiger charge is 2.07. The van der Waals surface area contributed by atoms with Gasteiger partial charge in [-0.1, -0.05) is 12.1 Å². The second kappa shape index (κ2) is 6.54. The number of nitrogens with zero attached hydrogens (tertiary/aromatic N) is 2. The summed E-state index contributed by atoms with van der Waals surface area (Å²) in [7, 11) is 0. The highest BCUT2D eigenvalue weighted by Crippen LogP contribution is 2.23. The maximum atomic E-state index is 11.7. The van der Waals surface area contributed by atoms with Crippen molar-refractivity contribution in [3.05, 3.63) is 54.4 Å². The summed E-state index contributed by atoms with van der Waals surface area (Å²) in [5.41, 5.74) is 4.26. The number of aromatic nitrogens is 2. The van der Waals surface area contributed by atoms with Crippen molar-refractivity contribution >= 4 is 23.2 Å². The van der Waals surface area contributed by atoms with Crippen LogP contribution in [0.1, 0.15) is 18.4 Å². The van der Waals surface area contributed by atoms with E-state index in [0.717, 1.165) is 22.5 Å². The number of aliphatic carboxylic acids is 1. The molecule has 3 aromatic rings. The Labute approximate surface area is 138 Å². The lowest BCUT2D eigenvalue weighted by atomic mass is 10.1. The number of pyridine rings is 1. The summed E-state index contributed by atoms with van der Waals surface area (Å²) < 4.78 is 1.94. The number of hydrogen-bond acceptors (Lipinski definition) is 4. The molecule has 6 heteroatoms. The quantitative estimate of drug-likeness (QED) is 0.776. The topological polar surface area (TPSA) is 86.5 Å². The van der Waals surface area contributed by atoms with Crippen LogP contribution in [-0.2, 0) is 9.59 Å². The standard InChI is InChI=1S/C18H17N3O3/c1-12-7-8-21-11-15(20-16(21)9-12)13-3-2-4-14(10-13)19-17(22)5-6-18(23)24/h2-4,7-11H,5-6H2,1H3,(H,19,22)(H,23,24)/p-1. The summed E-state index contributed by atoms with van der Waals surface area (Å²) in [4.78, 5) is 26.7. The van der Waals surface area contributed by atoms with Crippen molar-refractivity contribution in [3.63, 3.8) is 0 Å². The number of aryl methyl sites for hydroxylation is 1. The van der Waals surface area contributed by atoms with Gasteiger partial charge in [-0.2, -0.15) is 0 Å². The monoisotopic (exact) mass is 322 g/mol. The first-order valence-electron chi connectivity index (χ1n) is 7.57. The predicted octanol–water partition coefficient (Wildman–Crippen LogP) is 1.78. The molecule has 0 saturated heterocycles. The van der Waals surface area contributed by atoms with Crippen molar-refractivity contribution in [2.45, 2.75) is 19.8 Å². The lowest BCUT2D eigenvalue weighted by molar-refractivity contribution is -0.305. The van der Waals surface area contributed by atoms with Crippen LogP contribution in [0.2, 0.25) is 0 Å². The minimum atomic E-state index is -1.24. The van der Waals surface area contributed by atoms with E-state index in [-0.39, 0.29) is 18.7 Å². The Morgan fingerprint density at radius 1 is 1.21 bits per heavy atom. The molecule has 2 heterocycles. The number of carboxylic acids is 1. The van der Waals surface area contributed by atoms with Crippen LogP contribution >= 0.6 is 0 Å². The molecule has 122 valence electrons. The van der Waals surface area contributed by atoms with Crippen LogP contribution in [-0.4, -0.2) is 21.3 Å². The summed E-state index contributed by atoms with van der Waals surface area (Å²) in [5, 5.41) is 13.1. The first-order valence-corrected chi connectivity index (χ1v) is 7.57. The average molecular weight is 322 g/mol. The van der Waals surface area contributed by atoms with Gasteiger partial charge in [0.25, 0.3) is 0 Å². The van der Waals surface area contributed by atoms with E-state index in [2.05, 4.69) is 10.3 Å². The van der Waals surface area contributed by atoms with Crippen molar-refractivity contribution in [2.75, 3.05) is 5.32 Å². The van der Waals surface area contributed by atoms with Gasteiger partial charge in [0.1, 0.15) is 5.65 Å². The van der Waals surface area contributed by atoms with Gasteiger partial charge >= 0.3 is 0 Å². The van der Waals surface area contributed by atoms with E-state index in [4.69, 9.17) is 0 Å². The largest absolute Gasteiger partial charge is 0.550 e. The molecule has 0 aliphatic heterocycles. The number of benzene rings is 1. The van der Waals surface area contributed by atoms with Crippen molar-refractivity contribution in [3.8, 4) is 11.3 Å². The van der Waals surface area contributed by atoms with E-state index in [1.807, 2.05) is 54.0 Å². The zero-order chi connectivity index (χ0) is 17.1. The molecule has 0 aliphatic carbocycles. The zero-order valence-electron chi connectivity index (χ0n) is 13.2. The predicted molar refractivity (Wildman–Crippen MR) is 88.2 cm³/mol. The van der Waals surface area contributed by atoms with Gasteiger partial charge in [-0.3, -0.25) is 4.79 Å². The number of amides is 1. The molecule has 2 aromatic heterocycles. The Balaban J connectivity index is 1.81. The highest BCUT2D eigenvalue weighted by molar-refractivity contribution is 5.92. The van der Waals surface area contributed by atoms with E-state index >= 15 is 0 Å². The van der Waals surface area contributed by atoms with Crippen LogP contribution in [0, 0.1) is 6.92 Å². The molecule has 24 heavy (non-hydrogen) atoms. The van der Waals surface area contributed by atoms with Gasteiger partial charge in [0.2, 0.25) is 5.91 Å². The van der Waals surface area contributed by atoms with Crippen molar-refractivity contribution in [1.29, 1.82) is 0 Å². The summed E-state index contributed by atoms with van der Waals surface area (Å²) >= 11 is 0. The Morgan fingerprint density at radius 3 is 2.83 bits per heavy atom. The summed E-state index contributed by atoms with van der Waals surface area (Å²) in [6, 6.07) is 11.3. The Morgan fingerprint density at radius 2 is 2.04 bits per heavy atom. The summed E-state index contributed by atoms with van der Waals surface area (Å²) in [6.07, 6.45) is 3.47. The molecule has 0 radical (unpaired) electrons. The third-order valence-corrected chi connectivity index (χ3v) is 3.61. The van der Waals surface area contributed by atoms with E-state index in [1.165, 1.54) is 0 Å². The van der Waals surface area contributed by atoms with Gasteiger partial charge in [0.15, 0.2) is 0 Å². The van der Waals surface area contributed by atoms with Crippen LogP contribution < -0.4 is 10.4 Å². The number of carbonyl (C=O) groups excluding carboxylic acids is 2. The average Bonchev–Trinajstić information content (AvgIpc) is 2.96. The fourth-order valence-electron chi connectivity index (χ4n) is 2.42. The lowest BCUT2D eigenvalue weighted by Gasteiger charge is -2.07. The molecule has 0 fully saturated rings. The Kier molecular flexibility index (Phi) is 4.29. The van der Waals surface area contributed by atoms with Gasteiger partial charge in [-0.25, -0.2) is 4.98 Å². The Bertz CT molecular complexity index is 915. The molecule has 0 saturated carbocycles. The van der Waals surface area contributed by atoms with Gasteiger partial charge in [0.05, 0.1) is 5.69 Å². The van der Waals surface area contributed by atoms with E-state index in [1.54, 1.807) is 6.07 Å². The maximum Gasteiger partial charge on any atom is 0.224 e. The maximum absolute atomic E-state index is 11.7. The van der Waals surface area contributed by atoms with Gasteiger partial charge in [-0.05, 0) is 43.2 Å². The smallest absolute Gasteiger partial charge is 0.224 e. The minimum Gasteiger partial charge on any atom is -0.550 e. The highest BCUT2D eigenvalue weighted by atomic mass is 16.4. The Hall–Kier alpha value is -3.15. The zero-order valence-corrected chi connectivity index (χ0v) is 13.2. The van der Waals surface area contributed by atoms with E-state index < -0.39 is 5.97 Å². The number of imidazole rings is 1. The molecular formula is C18H16N3O3-. The molecule has 3 rings (SSSR count). The molecule has 0 spiro atoms. The van der Waals surface area contributed by atoms with Gasteiger partial charge in [-0.15, -0.1) is 0 Å². The first-order chi connectivity index (χ1) is 11.5. The number of carbonyl (C=O) groups is 2. The van der Waals surface area contributed by atoms with Crippen molar-refractivity contribution < 1.29 is 14.7 Å². The van der Waals surface area contributed by atoms with Gasteiger partial charge < -0.3 is 19.6 Å². The molecule has 1 N–H and O–H groups in total. The lowest BCUT2D eigenvalue weighted by Crippen LogP contribution is -2.24. The second-order valence-corrected chi connectivity index (χ2v) is 5.60. The van der Waals surface area contributed by atoms with Crippen LogP contribution in [0.3, 0.4) is 0 Å². The third kappa shape index (κ3) is 3.60. The fraction of sp³-hybridized carbons (Fsp3) is 0.167. The van der Waals surface area contributed by atoms with E-state index in [9.17, 15) is 14.7 Å². The SMILES string of the molecule is Cc1ccn2cc(-c3cccc(NC(=O)CCC(=O)[O-])c3)nc2c1. The van der Waals surface area contributed by atoms with Crippen LogP contribution in [0.15, 0.2) is 48.8 Å². The van der Waals surface area contributed by atoms with Crippen molar-refractivity contribution in [1.82, 2.24) is 9.38 Å². The number of carboxylic acid groups (broad SMARTS) is 1. The first kappa shape index (κ1) is 15.7. The van der Waals surface area contributed by atoms with Gasteiger partial charge in [0, 0.05) is 36.0 Å². The summed E-state index contributed by atoms with van der Waals surface area (Å²) in [6.45, 7) is 2.01. The number of anilines is 1. The molecule has 0 unspecified atom stereocenters. The number of rotatable bonds is 5. The van der Waals surface area contributed by atoms with Crippen LogP contribution in [0.4, 0.5) is 5.69 Å². The molecule has 0 bridgehead atoms. The summed E-state index contributed by atoms with van der Waals surface area (Å²) in [5.74, 6) is -1.60. The molecule has 1 amide bonds. The molecular weight excluding hydrogens is 306 g/mol. The molecule has 1 aromatic carbocycles. The molecule has 0 aliphatic rings. The van der Waals surface area contributed by atoms with Crippen LogP contribution in [0.25, 0.3) is 16.9 Å². The molecule has 0 atom stereocenters. The van der Waals surface area contributed by atoms with E-state index in [0.29, 0.717) is 5.69 Å². The fourth-order valence-corrected chi connectivity index (χ4v) is 2.42. The number of nitrogens with one attached hydrogen (secondary N) is 1. The van der Waals surface area contributed by atoms with Crippen molar-refractivity contribution in [2.24, 2.45) is 0 Å². The number of hydrogen-bond donors (Lipinski definition) is 1. The normalized spacial score (nSPS) is 10.7. The second-order valence-electron chi connectivity index (χ2n) is 5.60. The molecule has 6 nitrogen and oxygen atoms in total. The minimum absolute atomic E-state index is 0.111.